The lowest BCUT2D eigenvalue weighted by Crippen LogP contribution is -2.17. The highest BCUT2D eigenvalue weighted by molar-refractivity contribution is 7.20. The predicted octanol–water partition coefficient (Wildman–Crippen LogP) is 2.57. The first-order chi connectivity index (χ1) is 12.4. The number of nitrogens with zero attached hydrogens (tertiary/aromatic N) is 2. The van der Waals surface area contributed by atoms with E-state index in [0.717, 1.165) is 5.56 Å². The van der Waals surface area contributed by atoms with Gasteiger partial charge in [0.05, 0.1) is 16.6 Å². The third kappa shape index (κ3) is 3.50. The molecule has 3 rings (SSSR count). The number of carbonyl (C=O) groups excluding carboxylic acids is 1. The normalized spacial score (nSPS) is 10.8. The van der Waals surface area contributed by atoms with Gasteiger partial charge in [-0.25, -0.2) is 4.98 Å². The molecular formula is C18H17N3O4S. The molecule has 2 heterocycles. The van der Waals surface area contributed by atoms with Crippen molar-refractivity contribution in [2.24, 2.45) is 7.05 Å². The van der Waals surface area contributed by atoms with E-state index in [0.29, 0.717) is 32.8 Å². The summed E-state index contributed by atoms with van der Waals surface area (Å²) in [5, 5.41) is 12.0. The second-order valence-corrected chi connectivity index (χ2v) is 6.94. The number of fused-ring (bicyclic) bond motifs is 1. The van der Waals surface area contributed by atoms with Crippen molar-refractivity contribution in [3.05, 3.63) is 57.0 Å². The molecule has 0 spiro atoms. The van der Waals surface area contributed by atoms with Crippen LogP contribution < -0.4 is 10.9 Å². The Labute approximate surface area is 152 Å². The number of aromatic nitrogens is 2. The minimum atomic E-state index is -0.866. The van der Waals surface area contributed by atoms with Crippen molar-refractivity contribution in [1.82, 2.24) is 9.55 Å². The Morgan fingerprint density at radius 1 is 1.35 bits per heavy atom. The third-order valence-corrected chi connectivity index (χ3v) is 5.23. The van der Waals surface area contributed by atoms with Crippen LogP contribution in [0.5, 0.6) is 0 Å². The molecule has 0 saturated carbocycles. The van der Waals surface area contributed by atoms with Gasteiger partial charge in [0, 0.05) is 19.2 Å². The molecule has 0 unspecified atom stereocenters. The summed E-state index contributed by atoms with van der Waals surface area (Å²) in [6, 6.07) is 7.07. The van der Waals surface area contributed by atoms with Gasteiger partial charge in [-0.2, -0.15) is 0 Å². The number of carboxylic acids is 1. The predicted molar refractivity (Wildman–Crippen MR) is 100.0 cm³/mol. The Hall–Kier alpha value is -3.00. The number of aliphatic carboxylic acids is 1. The Bertz CT molecular complexity index is 1070. The molecule has 26 heavy (non-hydrogen) atoms. The van der Waals surface area contributed by atoms with E-state index >= 15 is 0 Å². The second-order valence-electron chi connectivity index (χ2n) is 5.95. The maximum absolute atomic E-state index is 12.6. The number of nitrogens with one attached hydrogen (secondary N) is 1. The van der Waals surface area contributed by atoms with Gasteiger partial charge in [0.15, 0.2) is 0 Å². The zero-order valence-corrected chi connectivity index (χ0v) is 15.1. The maximum atomic E-state index is 12.6. The van der Waals surface area contributed by atoms with Crippen molar-refractivity contribution in [2.75, 3.05) is 5.32 Å². The van der Waals surface area contributed by atoms with Crippen molar-refractivity contribution in [3.63, 3.8) is 0 Å². The largest absolute Gasteiger partial charge is 0.481 e. The highest BCUT2D eigenvalue weighted by Crippen LogP contribution is 2.27. The van der Waals surface area contributed by atoms with Gasteiger partial charge >= 0.3 is 5.97 Å². The number of aryl methyl sites for hydroxylation is 3. The molecule has 1 amide bonds. The minimum Gasteiger partial charge on any atom is -0.481 e. The number of hydrogen-bond acceptors (Lipinski definition) is 5. The fraction of sp³-hybridized carbons (Fsp3) is 0.222. The summed E-state index contributed by atoms with van der Waals surface area (Å²) in [6.45, 7) is 1.74. The van der Waals surface area contributed by atoms with E-state index in [1.807, 2.05) is 6.07 Å². The lowest BCUT2D eigenvalue weighted by Gasteiger charge is -2.06. The first-order valence-electron chi connectivity index (χ1n) is 7.93. The molecular weight excluding hydrogens is 354 g/mol. The number of carbonyl (C=O) groups is 2. The summed E-state index contributed by atoms with van der Waals surface area (Å²) >= 11 is 1.18. The van der Waals surface area contributed by atoms with Crippen LogP contribution >= 0.6 is 11.3 Å². The monoisotopic (exact) mass is 371 g/mol. The van der Waals surface area contributed by atoms with Gasteiger partial charge in [-0.1, -0.05) is 12.1 Å². The van der Waals surface area contributed by atoms with Crippen molar-refractivity contribution in [2.45, 2.75) is 19.8 Å². The molecule has 0 radical (unpaired) electrons. The average Bonchev–Trinajstić information content (AvgIpc) is 2.94. The molecule has 8 heteroatoms. The molecule has 0 bridgehead atoms. The summed E-state index contributed by atoms with van der Waals surface area (Å²) in [7, 11) is 1.62. The highest BCUT2D eigenvalue weighted by Gasteiger charge is 2.19. The van der Waals surface area contributed by atoms with Gasteiger partial charge in [0.1, 0.15) is 4.83 Å². The van der Waals surface area contributed by atoms with Crippen LogP contribution in [0.1, 0.15) is 27.2 Å². The molecule has 3 aromatic rings. The van der Waals surface area contributed by atoms with Crippen LogP contribution in [0, 0.1) is 6.92 Å². The summed E-state index contributed by atoms with van der Waals surface area (Å²) in [6.07, 6.45) is 1.86. The van der Waals surface area contributed by atoms with Crippen LogP contribution in [0.25, 0.3) is 10.2 Å². The molecule has 0 saturated heterocycles. The van der Waals surface area contributed by atoms with Gasteiger partial charge in [-0.05, 0) is 36.6 Å². The molecule has 2 aromatic heterocycles. The SMILES string of the molecule is Cc1c(C(=O)Nc2cccc(CCC(=O)O)c2)sc2ncn(C)c(=O)c12. The third-order valence-electron chi connectivity index (χ3n) is 4.03. The molecule has 1 aromatic carbocycles. The zero-order valence-electron chi connectivity index (χ0n) is 14.3. The first kappa shape index (κ1) is 17.8. The van der Waals surface area contributed by atoms with Crippen molar-refractivity contribution >= 4 is 39.1 Å². The number of amides is 1. The first-order valence-corrected chi connectivity index (χ1v) is 8.75. The molecule has 0 fully saturated rings. The quantitative estimate of drug-likeness (QED) is 0.718. The van der Waals surface area contributed by atoms with Crippen LogP contribution in [0.2, 0.25) is 0 Å². The van der Waals surface area contributed by atoms with E-state index < -0.39 is 5.97 Å². The lowest BCUT2D eigenvalue weighted by molar-refractivity contribution is -0.136. The van der Waals surface area contributed by atoms with Crippen molar-refractivity contribution in [3.8, 4) is 0 Å². The lowest BCUT2D eigenvalue weighted by atomic mass is 10.1. The van der Waals surface area contributed by atoms with Crippen LogP contribution in [-0.4, -0.2) is 26.5 Å². The van der Waals surface area contributed by atoms with Gasteiger partial charge < -0.3 is 15.0 Å². The van der Waals surface area contributed by atoms with Crippen molar-refractivity contribution < 1.29 is 14.7 Å². The van der Waals surface area contributed by atoms with Gasteiger partial charge in [0.2, 0.25) is 0 Å². The Morgan fingerprint density at radius 3 is 2.85 bits per heavy atom. The molecule has 7 nitrogen and oxygen atoms in total. The Morgan fingerprint density at radius 2 is 2.12 bits per heavy atom. The topological polar surface area (TPSA) is 101 Å². The van der Waals surface area contributed by atoms with Crippen LogP contribution in [0.15, 0.2) is 35.4 Å². The average molecular weight is 371 g/mol. The molecule has 0 aliphatic rings. The summed E-state index contributed by atoms with van der Waals surface area (Å²) < 4.78 is 1.38. The van der Waals surface area contributed by atoms with Gasteiger partial charge in [0.25, 0.3) is 11.5 Å². The van der Waals surface area contributed by atoms with Gasteiger partial charge in [-0.15, -0.1) is 11.3 Å². The molecule has 134 valence electrons. The van der Waals surface area contributed by atoms with Gasteiger partial charge in [-0.3, -0.25) is 14.4 Å². The maximum Gasteiger partial charge on any atom is 0.303 e. The van der Waals surface area contributed by atoms with E-state index in [-0.39, 0.29) is 17.9 Å². The van der Waals surface area contributed by atoms with E-state index in [2.05, 4.69) is 10.3 Å². The number of carboxylic acid groups (broad SMARTS) is 1. The number of rotatable bonds is 5. The van der Waals surface area contributed by atoms with Crippen LogP contribution in [0.3, 0.4) is 0 Å². The van der Waals surface area contributed by atoms with Crippen molar-refractivity contribution in [1.29, 1.82) is 0 Å². The smallest absolute Gasteiger partial charge is 0.303 e. The van der Waals surface area contributed by atoms with E-state index in [1.165, 1.54) is 22.2 Å². The molecule has 0 aliphatic heterocycles. The number of anilines is 1. The molecule has 0 aliphatic carbocycles. The Balaban J connectivity index is 1.87. The summed E-state index contributed by atoms with van der Waals surface area (Å²) in [5.41, 5.74) is 1.83. The fourth-order valence-electron chi connectivity index (χ4n) is 2.67. The van der Waals surface area contributed by atoms with E-state index in [1.54, 1.807) is 32.2 Å². The molecule has 2 N–H and O–H groups in total. The zero-order chi connectivity index (χ0) is 18.8. The van der Waals surface area contributed by atoms with E-state index in [4.69, 9.17) is 5.11 Å². The summed E-state index contributed by atoms with van der Waals surface area (Å²) in [5.74, 6) is -1.18. The fourth-order valence-corrected chi connectivity index (χ4v) is 3.70. The van der Waals surface area contributed by atoms with Crippen LogP contribution in [0.4, 0.5) is 5.69 Å². The highest BCUT2D eigenvalue weighted by atomic mass is 32.1. The van der Waals surface area contributed by atoms with Crippen LogP contribution in [-0.2, 0) is 18.3 Å². The molecule has 0 atom stereocenters. The minimum absolute atomic E-state index is 0.0295. The summed E-state index contributed by atoms with van der Waals surface area (Å²) in [4.78, 5) is 40.8. The number of benzene rings is 1. The Kier molecular flexibility index (Phi) is 4.85. The number of thiophene rings is 1. The number of hydrogen-bond donors (Lipinski definition) is 2. The second kappa shape index (κ2) is 7.09. The standard InChI is InChI=1S/C18H17N3O4S/c1-10-14-17(19-9-21(2)18(14)25)26-15(10)16(24)20-12-5-3-4-11(8-12)6-7-13(22)23/h3-5,8-9H,6-7H2,1-2H3,(H,20,24)(H,22,23). The van der Waals surface area contributed by atoms with E-state index in [9.17, 15) is 14.4 Å².